The normalized spacial score (nSPS) is 9.59. The van der Waals surface area contributed by atoms with Crippen LogP contribution in [0.2, 0.25) is 0 Å². The number of amides is 1. The van der Waals surface area contributed by atoms with Crippen molar-refractivity contribution < 1.29 is 64.5 Å². The molecule has 0 bridgehead atoms. The van der Waals surface area contributed by atoms with Gasteiger partial charge in [-0.15, -0.1) is 0 Å². The molecule has 44 heavy (non-hydrogen) atoms. The summed E-state index contributed by atoms with van der Waals surface area (Å²) in [5.74, 6) is -9.73. The van der Waals surface area contributed by atoms with E-state index in [4.69, 9.17) is 17.3 Å². The summed E-state index contributed by atoms with van der Waals surface area (Å²) in [7, 11) is 3.26. The van der Waals surface area contributed by atoms with E-state index in [1.807, 2.05) is 5.32 Å². The van der Waals surface area contributed by atoms with Crippen LogP contribution in [0.25, 0.3) is 0 Å². The van der Waals surface area contributed by atoms with Gasteiger partial charge in [-0.3, -0.25) is 4.79 Å². The van der Waals surface area contributed by atoms with Gasteiger partial charge in [0.15, 0.2) is 34.9 Å². The van der Waals surface area contributed by atoms with Crippen LogP contribution in [-0.2, 0) is 19.0 Å². The maximum absolute atomic E-state index is 12.9. The number of ether oxygens (including phenoxy) is 3. The van der Waals surface area contributed by atoms with Gasteiger partial charge in [-0.25, -0.2) is 45.5 Å². The lowest BCUT2D eigenvalue weighted by Gasteiger charge is -2.08. The van der Waals surface area contributed by atoms with Crippen molar-refractivity contribution in [3.8, 4) is 0 Å². The lowest BCUT2D eigenvalue weighted by molar-refractivity contribution is 0.0592. The highest BCUT2D eigenvalue weighted by molar-refractivity contribution is 6.65. The van der Waals surface area contributed by atoms with Crippen LogP contribution in [-0.4, -0.2) is 50.7 Å². The van der Waals surface area contributed by atoms with Crippen LogP contribution in [0, 0.1) is 34.9 Å². The van der Waals surface area contributed by atoms with Crippen molar-refractivity contribution in [3.05, 3.63) is 88.0 Å². The van der Waals surface area contributed by atoms with Gasteiger partial charge in [0.2, 0.25) is 6.08 Å². The van der Waals surface area contributed by atoms with E-state index in [-0.39, 0.29) is 33.8 Å². The second kappa shape index (κ2) is 16.9. The van der Waals surface area contributed by atoms with Crippen LogP contribution in [0.3, 0.4) is 0 Å². The van der Waals surface area contributed by atoms with Gasteiger partial charge >= 0.3 is 23.3 Å². The van der Waals surface area contributed by atoms with E-state index in [0.717, 1.165) is 33.5 Å². The highest BCUT2D eigenvalue weighted by Crippen LogP contribution is 2.24. The highest BCUT2D eigenvalue weighted by Gasteiger charge is 2.18. The molecule has 234 valence electrons. The standard InChI is InChI=1S/C9H6ClF2NO3.C9H5F2NO3.C8H7F2NO2/c1-16-8(14)4-2-5(11)6(12)3-7(4)13-9(10)15;1-15-9(14)5-2-6(10)7(11)3-8(5)12-4-13;1-13-8(12)4-2-5(9)6(10)3-7(4)11/h2-3H,1H3,(H,13,15);2-3H,1H3;2-3H,11H2,1H3. The van der Waals surface area contributed by atoms with E-state index in [9.17, 15) is 50.3 Å². The summed E-state index contributed by atoms with van der Waals surface area (Å²) in [6, 6.07) is 3.92. The van der Waals surface area contributed by atoms with Gasteiger partial charge < -0.3 is 25.3 Å². The summed E-state index contributed by atoms with van der Waals surface area (Å²) >= 11 is 5.01. The van der Waals surface area contributed by atoms with E-state index < -0.39 is 58.2 Å². The predicted molar refractivity (Wildman–Crippen MR) is 140 cm³/mol. The Morgan fingerprint density at radius 1 is 0.682 bits per heavy atom. The summed E-state index contributed by atoms with van der Waals surface area (Å²) < 4.78 is 89.3. The smallest absolute Gasteiger partial charge is 0.340 e. The molecule has 3 rings (SSSR count). The molecule has 1 amide bonds. The summed E-state index contributed by atoms with van der Waals surface area (Å²) in [6.07, 6.45) is 1.13. The zero-order chi connectivity index (χ0) is 33.7. The second-order valence-corrected chi connectivity index (χ2v) is 7.87. The van der Waals surface area contributed by atoms with Crippen LogP contribution >= 0.6 is 11.6 Å². The molecule has 0 fully saturated rings. The average molecular weight is 650 g/mol. The number of hydrogen-bond acceptors (Lipinski definition) is 10. The minimum absolute atomic E-state index is 0.147. The zero-order valence-corrected chi connectivity index (χ0v) is 23.2. The molecule has 0 heterocycles. The Hall–Kier alpha value is -5.41. The molecule has 11 nitrogen and oxygen atoms in total. The van der Waals surface area contributed by atoms with Gasteiger partial charge in [-0.2, -0.15) is 4.99 Å². The second-order valence-electron chi connectivity index (χ2n) is 7.53. The van der Waals surface area contributed by atoms with Crippen molar-refractivity contribution in [2.45, 2.75) is 0 Å². The SMILES string of the molecule is COC(=O)c1cc(F)c(F)cc1N.COC(=O)c1cc(F)c(F)cc1N=C=O.COC(=O)c1cc(F)c(F)cc1NC(=O)Cl. The number of benzene rings is 3. The van der Waals surface area contributed by atoms with Gasteiger partial charge in [-0.05, 0) is 29.8 Å². The van der Waals surface area contributed by atoms with Gasteiger partial charge in [0.05, 0.1) is 49.4 Å². The quantitative estimate of drug-likeness (QED) is 0.0525. The average Bonchev–Trinajstić information content (AvgIpc) is 2.97. The van der Waals surface area contributed by atoms with Crippen LogP contribution in [0.5, 0.6) is 0 Å². The van der Waals surface area contributed by atoms with Crippen molar-refractivity contribution in [3.63, 3.8) is 0 Å². The number of aliphatic imine (C=N–C) groups is 1. The number of nitrogens with zero attached hydrogens (tertiary/aromatic N) is 1. The summed E-state index contributed by atoms with van der Waals surface area (Å²) in [5.41, 5.74) is 3.69. The van der Waals surface area contributed by atoms with Crippen molar-refractivity contribution in [2.75, 3.05) is 32.4 Å². The molecule has 0 aliphatic rings. The maximum Gasteiger partial charge on any atom is 0.340 e. The molecule has 0 aliphatic carbocycles. The van der Waals surface area contributed by atoms with Crippen molar-refractivity contribution in [2.24, 2.45) is 4.99 Å². The monoisotopic (exact) mass is 649 g/mol. The lowest BCUT2D eigenvalue weighted by atomic mass is 10.1. The third kappa shape index (κ3) is 10.1. The highest BCUT2D eigenvalue weighted by atomic mass is 35.5. The molecule has 0 atom stereocenters. The van der Waals surface area contributed by atoms with E-state index in [0.29, 0.717) is 30.3 Å². The number of carbonyl (C=O) groups excluding carboxylic acids is 5. The third-order valence-corrected chi connectivity index (χ3v) is 4.90. The largest absolute Gasteiger partial charge is 0.465 e. The molecule has 18 heteroatoms. The minimum atomic E-state index is -1.23. The molecule has 0 unspecified atom stereocenters. The summed E-state index contributed by atoms with van der Waals surface area (Å²) in [6.45, 7) is 0. The number of rotatable bonds is 5. The molecule has 0 radical (unpaired) electrons. The zero-order valence-electron chi connectivity index (χ0n) is 22.4. The molecule has 0 aromatic heterocycles. The predicted octanol–water partition coefficient (Wildman–Crippen LogP) is 5.57. The summed E-state index contributed by atoms with van der Waals surface area (Å²) in [5, 5.41) is 0.944. The Balaban J connectivity index is 0.000000332. The number of halogens is 7. The summed E-state index contributed by atoms with van der Waals surface area (Å²) in [4.78, 5) is 56.7. The lowest BCUT2D eigenvalue weighted by Crippen LogP contribution is -2.11. The fourth-order valence-corrected chi connectivity index (χ4v) is 2.94. The van der Waals surface area contributed by atoms with Gasteiger partial charge in [-0.1, -0.05) is 0 Å². The Kier molecular flexibility index (Phi) is 14.1. The Labute approximate surface area is 248 Å². The molecule has 0 saturated heterocycles. The molecule has 0 aliphatic heterocycles. The molecular weight excluding hydrogens is 632 g/mol. The van der Waals surface area contributed by atoms with Crippen LogP contribution in [0.4, 0.5) is 48.2 Å². The van der Waals surface area contributed by atoms with Gasteiger partial charge in [0.1, 0.15) is 0 Å². The Morgan fingerprint density at radius 3 is 1.55 bits per heavy atom. The molecule has 3 aromatic carbocycles. The van der Waals surface area contributed by atoms with Crippen LogP contribution in [0.15, 0.2) is 41.4 Å². The first kappa shape index (κ1) is 36.6. The molecule has 0 saturated carbocycles. The third-order valence-electron chi connectivity index (χ3n) is 4.81. The fourth-order valence-electron chi connectivity index (χ4n) is 2.84. The van der Waals surface area contributed by atoms with E-state index in [1.165, 1.54) is 0 Å². The number of carbonyl (C=O) groups is 4. The first-order valence-corrected chi connectivity index (χ1v) is 11.5. The number of nitrogens with two attached hydrogens (primary N) is 1. The minimum Gasteiger partial charge on any atom is -0.465 e. The van der Waals surface area contributed by atoms with Gasteiger partial charge in [0.25, 0.3) is 0 Å². The number of nitrogens with one attached hydrogen (secondary N) is 1. The van der Waals surface area contributed by atoms with Crippen molar-refractivity contribution >= 4 is 58.0 Å². The molecular formula is C26H18ClF6N3O8. The van der Waals surface area contributed by atoms with Crippen molar-refractivity contribution in [1.29, 1.82) is 0 Å². The number of hydrogen-bond donors (Lipinski definition) is 2. The maximum atomic E-state index is 12.9. The first-order valence-electron chi connectivity index (χ1n) is 11.1. The van der Waals surface area contributed by atoms with Crippen molar-refractivity contribution in [1.82, 2.24) is 0 Å². The Bertz CT molecular complexity index is 1630. The first-order chi connectivity index (χ1) is 20.6. The Morgan fingerprint density at radius 2 is 1.07 bits per heavy atom. The topological polar surface area (TPSA) is 163 Å². The van der Waals surface area contributed by atoms with E-state index in [2.05, 4.69) is 19.2 Å². The molecule has 0 spiro atoms. The number of esters is 3. The number of isocyanates is 1. The van der Waals surface area contributed by atoms with E-state index in [1.54, 1.807) is 0 Å². The number of anilines is 2. The molecule has 3 N–H and O–H groups in total. The number of nitrogen functional groups attached to an aromatic ring is 1. The van der Waals surface area contributed by atoms with Crippen LogP contribution in [0.1, 0.15) is 31.1 Å². The van der Waals surface area contributed by atoms with Crippen LogP contribution < -0.4 is 11.1 Å². The fraction of sp³-hybridized carbons (Fsp3) is 0.115. The van der Waals surface area contributed by atoms with E-state index >= 15 is 0 Å². The number of methoxy groups -OCH3 is 3. The molecule has 3 aromatic rings. The van der Waals surface area contributed by atoms with Gasteiger partial charge in [0, 0.05) is 23.9 Å².